The zero-order chi connectivity index (χ0) is 15.1. The Morgan fingerprint density at radius 3 is 2.86 bits per heavy atom. The minimum atomic E-state index is -2.99. The van der Waals surface area contributed by atoms with Gasteiger partial charge in [0.15, 0.2) is 9.84 Å². The highest BCUT2D eigenvalue weighted by atomic mass is 32.2. The summed E-state index contributed by atoms with van der Waals surface area (Å²) >= 11 is 0. The summed E-state index contributed by atoms with van der Waals surface area (Å²) in [7, 11) is -1.10. The Kier molecular flexibility index (Phi) is 3.83. The topological polar surface area (TPSA) is 64.4 Å². The number of sulfone groups is 1. The molecule has 6 nitrogen and oxygen atoms in total. The minimum absolute atomic E-state index is 0.146. The van der Waals surface area contributed by atoms with Crippen LogP contribution < -0.4 is 0 Å². The quantitative estimate of drug-likeness (QED) is 0.789. The van der Waals surface area contributed by atoms with E-state index in [1.165, 1.54) is 0 Å². The molecule has 7 heteroatoms. The molecule has 3 heterocycles. The smallest absolute Gasteiger partial charge is 0.158 e. The van der Waals surface area contributed by atoms with Crippen LogP contribution in [0.2, 0.25) is 0 Å². The van der Waals surface area contributed by atoms with Crippen LogP contribution >= 0.6 is 0 Å². The molecule has 1 spiro atoms. The maximum Gasteiger partial charge on any atom is 0.158 e. The Bertz CT molecular complexity index is 605. The first-order chi connectivity index (χ1) is 9.97. The molecule has 0 aliphatic carbocycles. The van der Waals surface area contributed by atoms with Crippen LogP contribution in [0.1, 0.15) is 18.9 Å². The summed E-state index contributed by atoms with van der Waals surface area (Å²) in [6.07, 6.45) is 4.56. The van der Waals surface area contributed by atoms with Gasteiger partial charge in [0.25, 0.3) is 0 Å². The fraction of sp³-hybridized carbons (Fsp3) is 0.786. The molecular weight excluding hydrogens is 290 g/mol. The summed E-state index contributed by atoms with van der Waals surface area (Å²) < 4.78 is 31.6. The van der Waals surface area contributed by atoms with Crippen molar-refractivity contribution in [3.05, 3.63) is 18.0 Å². The Morgan fingerprint density at radius 1 is 1.48 bits per heavy atom. The van der Waals surface area contributed by atoms with Crippen LogP contribution in [0.3, 0.4) is 0 Å². The molecule has 0 N–H and O–H groups in total. The molecule has 1 aromatic rings. The second-order valence-electron chi connectivity index (χ2n) is 6.20. The van der Waals surface area contributed by atoms with E-state index in [4.69, 9.17) is 4.74 Å². The van der Waals surface area contributed by atoms with Gasteiger partial charge in [-0.3, -0.25) is 9.58 Å². The fourth-order valence-electron chi connectivity index (χ4n) is 3.60. The number of likely N-dealkylation sites (tertiary alicyclic amines) is 1. The molecule has 1 aromatic heterocycles. The van der Waals surface area contributed by atoms with Gasteiger partial charge >= 0.3 is 0 Å². The number of hydrogen-bond donors (Lipinski definition) is 0. The van der Waals surface area contributed by atoms with Crippen LogP contribution in [-0.4, -0.2) is 59.9 Å². The molecule has 2 saturated heterocycles. The Hall–Kier alpha value is -0.920. The molecule has 1 atom stereocenters. The average Bonchev–Trinajstić information content (AvgIpc) is 2.89. The lowest BCUT2D eigenvalue weighted by atomic mass is 9.83. The van der Waals surface area contributed by atoms with E-state index in [2.05, 4.69) is 10.00 Å². The van der Waals surface area contributed by atoms with Crippen molar-refractivity contribution < 1.29 is 13.2 Å². The molecule has 0 aromatic carbocycles. The van der Waals surface area contributed by atoms with E-state index in [0.717, 1.165) is 18.5 Å². The predicted octanol–water partition coefficient (Wildman–Crippen LogP) is 0.446. The van der Waals surface area contributed by atoms with E-state index in [9.17, 15) is 8.42 Å². The van der Waals surface area contributed by atoms with Gasteiger partial charge in [0.05, 0.1) is 18.6 Å². The van der Waals surface area contributed by atoms with E-state index in [1.54, 1.807) is 4.68 Å². The molecule has 118 valence electrons. The third-order valence-corrected chi connectivity index (χ3v) is 7.37. The number of aromatic nitrogens is 2. The Morgan fingerprint density at radius 2 is 2.24 bits per heavy atom. The van der Waals surface area contributed by atoms with Crippen molar-refractivity contribution in [3.8, 4) is 0 Å². The van der Waals surface area contributed by atoms with Gasteiger partial charge in [-0.25, -0.2) is 8.42 Å². The average molecular weight is 313 g/mol. The normalized spacial score (nSPS) is 27.0. The lowest BCUT2D eigenvalue weighted by molar-refractivity contribution is 0.0292. The van der Waals surface area contributed by atoms with Crippen molar-refractivity contribution in [2.24, 2.45) is 13.0 Å². The number of aryl methyl sites for hydroxylation is 1. The summed E-state index contributed by atoms with van der Waals surface area (Å²) in [5, 5.41) is 4.15. The highest BCUT2D eigenvalue weighted by Gasteiger charge is 2.61. The first-order valence-electron chi connectivity index (χ1n) is 7.47. The summed E-state index contributed by atoms with van der Waals surface area (Å²) in [4.78, 5) is 2.19. The van der Waals surface area contributed by atoms with Gasteiger partial charge in [0.1, 0.15) is 4.75 Å². The van der Waals surface area contributed by atoms with Gasteiger partial charge in [-0.15, -0.1) is 0 Å². The van der Waals surface area contributed by atoms with Gasteiger partial charge < -0.3 is 4.74 Å². The molecule has 0 saturated carbocycles. The van der Waals surface area contributed by atoms with E-state index in [-0.39, 0.29) is 5.92 Å². The molecule has 0 amide bonds. The molecule has 3 rings (SSSR count). The van der Waals surface area contributed by atoms with Crippen LogP contribution in [0.5, 0.6) is 0 Å². The lowest BCUT2D eigenvalue weighted by Crippen LogP contribution is -2.67. The number of rotatable bonds is 5. The highest BCUT2D eigenvalue weighted by molar-refractivity contribution is 7.93. The molecule has 0 unspecified atom stereocenters. The lowest BCUT2D eigenvalue weighted by Gasteiger charge is -2.50. The molecule has 2 aliphatic rings. The van der Waals surface area contributed by atoms with Crippen LogP contribution in [0.15, 0.2) is 12.4 Å². The van der Waals surface area contributed by atoms with Crippen molar-refractivity contribution in [1.29, 1.82) is 0 Å². The standard InChI is InChI=1S/C14H23N3O3S/c1-3-20-9-13-4-5-21(18,19)14(13)10-17(11-14)8-12-6-15-16(2)7-12/h6-7,13H,3-5,8-11H2,1-2H3/t13-/m0/s1. The van der Waals surface area contributed by atoms with Gasteiger partial charge in [0.2, 0.25) is 0 Å². The van der Waals surface area contributed by atoms with E-state index >= 15 is 0 Å². The van der Waals surface area contributed by atoms with Gasteiger partial charge in [0, 0.05) is 51.0 Å². The Balaban J connectivity index is 1.67. The van der Waals surface area contributed by atoms with E-state index < -0.39 is 14.6 Å². The monoisotopic (exact) mass is 313 g/mol. The van der Waals surface area contributed by atoms with Crippen molar-refractivity contribution in [2.75, 3.05) is 32.1 Å². The zero-order valence-corrected chi connectivity index (χ0v) is 13.5. The Labute approximate surface area is 126 Å². The summed E-state index contributed by atoms with van der Waals surface area (Å²) in [5.74, 6) is 0.457. The molecule has 0 radical (unpaired) electrons. The van der Waals surface area contributed by atoms with Crippen molar-refractivity contribution in [2.45, 2.75) is 24.6 Å². The van der Waals surface area contributed by atoms with Crippen LogP contribution in [0.25, 0.3) is 0 Å². The summed E-state index contributed by atoms with van der Waals surface area (Å²) in [6.45, 7) is 5.19. The molecule has 0 bridgehead atoms. The number of hydrogen-bond acceptors (Lipinski definition) is 5. The second-order valence-corrected chi connectivity index (χ2v) is 8.65. The molecule has 2 aliphatic heterocycles. The van der Waals surface area contributed by atoms with Crippen LogP contribution in [0, 0.1) is 5.92 Å². The molecule has 21 heavy (non-hydrogen) atoms. The third-order valence-electron chi connectivity index (χ3n) is 4.77. The van der Waals surface area contributed by atoms with Gasteiger partial charge in [-0.1, -0.05) is 0 Å². The predicted molar refractivity (Wildman–Crippen MR) is 79.6 cm³/mol. The van der Waals surface area contributed by atoms with Crippen LogP contribution in [-0.2, 0) is 28.2 Å². The highest BCUT2D eigenvalue weighted by Crippen LogP contribution is 2.45. The maximum atomic E-state index is 12.4. The SMILES string of the molecule is CCOC[C@@H]1CCS(=O)(=O)C12CN(Cc1cnn(C)c1)C2. The van der Waals surface area contributed by atoms with Crippen molar-refractivity contribution in [1.82, 2.24) is 14.7 Å². The first-order valence-corrected chi connectivity index (χ1v) is 9.12. The number of ether oxygens (including phenoxy) is 1. The second kappa shape index (κ2) is 5.37. The number of nitrogens with zero attached hydrogens (tertiary/aromatic N) is 3. The van der Waals surface area contributed by atoms with Gasteiger partial charge in [-0.05, 0) is 13.3 Å². The molecular formula is C14H23N3O3S. The largest absolute Gasteiger partial charge is 0.381 e. The summed E-state index contributed by atoms with van der Waals surface area (Å²) in [6, 6.07) is 0. The van der Waals surface area contributed by atoms with E-state index in [0.29, 0.717) is 32.1 Å². The van der Waals surface area contributed by atoms with Crippen molar-refractivity contribution >= 4 is 9.84 Å². The van der Waals surface area contributed by atoms with Crippen LogP contribution in [0.4, 0.5) is 0 Å². The first kappa shape index (κ1) is 15.0. The maximum absolute atomic E-state index is 12.4. The van der Waals surface area contributed by atoms with Crippen molar-refractivity contribution in [3.63, 3.8) is 0 Å². The third kappa shape index (κ3) is 2.51. The van der Waals surface area contributed by atoms with Gasteiger partial charge in [-0.2, -0.15) is 5.10 Å². The summed E-state index contributed by atoms with van der Waals surface area (Å²) in [5.41, 5.74) is 1.13. The minimum Gasteiger partial charge on any atom is -0.381 e. The molecule has 2 fully saturated rings. The van der Waals surface area contributed by atoms with E-state index in [1.807, 2.05) is 26.4 Å². The fourth-order valence-corrected chi connectivity index (χ4v) is 6.06. The zero-order valence-electron chi connectivity index (χ0n) is 12.7.